The monoisotopic (exact) mass is 339 g/mol. The molecule has 1 atom stereocenters. The number of unbranched alkanes of at least 4 members (excludes halogenated alkanes) is 1. The first kappa shape index (κ1) is 18.6. The van der Waals surface area contributed by atoms with E-state index in [0.29, 0.717) is 11.2 Å². The number of carbonyl (C=O) groups is 2. The van der Waals surface area contributed by atoms with Crippen LogP contribution in [0.3, 0.4) is 0 Å². The lowest BCUT2D eigenvalue weighted by Gasteiger charge is -2.18. The number of hydrogen-bond donors (Lipinski definition) is 4. The summed E-state index contributed by atoms with van der Waals surface area (Å²) in [5.41, 5.74) is 5.26. The SMILES string of the molecule is NCCCC[C@H](NC(=O)C(F)(F)F)C(=O)On1c(O)ccc1O. The standard InChI is InChI=1S/C12H16F3N3O5/c13-12(14,15)11(22)17-7(3-1-2-6-16)10(21)23-18-8(19)4-5-9(18)20/h4-5,7,19-20H,1-3,6,16H2,(H,17,22)/t7-/m0/s1. The van der Waals surface area contributed by atoms with E-state index >= 15 is 0 Å². The highest BCUT2D eigenvalue weighted by atomic mass is 19.4. The lowest BCUT2D eigenvalue weighted by molar-refractivity contribution is -0.176. The highest BCUT2D eigenvalue weighted by Gasteiger charge is 2.41. The fourth-order valence-corrected chi connectivity index (χ4v) is 1.63. The number of halogens is 3. The highest BCUT2D eigenvalue weighted by molar-refractivity contribution is 5.87. The summed E-state index contributed by atoms with van der Waals surface area (Å²) < 4.78 is 37.2. The number of nitrogens with one attached hydrogen (secondary N) is 1. The van der Waals surface area contributed by atoms with E-state index in [-0.39, 0.29) is 19.4 Å². The van der Waals surface area contributed by atoms with Gasteiger partial charge in [-0.15, -0.1) is 4.73 Å². The van der Waals surface area contributed by atoms with Crippen molar-refractivity contribution in [2.75, 3.05) is 6.54 Å². The summed E-state index contributed by atoms with van der Waals surface area (Å²) in [7, 11) is 0. The van der Waals surface area contributed by atoms with Crippen LogP contribution in [0.2, 0.25) is 0 Å². The molecule has 0 aromatic carbocycles. The van der Waals surface area contributed by atoms with Crippen molar-refractivity contribution in [1.29, 1.82) is 0 Å². The average molecular weight is 339 g/mol. The molecule has 1 amide bonds. The number of alkyl halides is 3. The second-order valence-electron chi connectivity index (χ2n) is 4.56. The van der Waals surface area contributed by atoms with Crippen molar-refractivity contribution in [3.05, 3.63) is 12.1 Å². The molecule has 11 heteroatoms. The topological polar surface area (TPSA) is 127 Å². The first-order valence-corrected chi connectivity index (χ1v) is 6.56. The van der Waals surface area contributed by atoms with E-state index in [4.69, 9.17) is 5.73 Å². The van der Waals surface area contributed by atoms with Gasteiger partial charge in [-0.05, 0) is 25.8 Å². The van der Waals surface area contributed by atoms with Crippen molar-refractivity contribution in [1.82, 2.24) is 10.0 Å². The number of carbonyl (C=O) groups excluding carboxylic acids is 2. The van der Waals surface area contributed by atoms with Gasteiger partial charge in [0.2, 0.25) is 11.8 Å². The maximum absolute atomic E-state index is 12.3. The van der Waals surface area contributed by atoms with Gasteiger partial charge in [0, 0.05) is 12.1 Å². The van der Waals surface area contributed by atoms with Gasteiger partial charge in [0.05, 0.1) is 0 Å². The lowest BCUT2D eigenvalue weighted by atomic mass is 10.1. The second-order valence-corrected chi connectivity index (χ2v) is 4.56. The van der Waals surface area contributed by atoms with E-state index in [9.17, 15) is 33.0 Å². The molecule has 0 unspecified atom stereocenters. The van der Waals surface area contributed by atoms with Crippen molar-refractivity contribution < 1.29 is 37.8 Å². The van der Waals surface area contributed by atoms with Gasteiger partial charge in [0.15, 0.2) is 0 Å². The zero-order valence-electron chi connectivity index (χ0n) is 11.8. The summed E-state index contributed by atoms with van der Waals surface area (Å²) >= 11 is 0. The molecule has 23 heavy (non-hydrogen) atoms. The van der Waals surface area contributed by atoms with Gasteiger partial charge >= 0.3 is 18.1 Å². The van der Waals surface area contributed by atoms with E-state index in [1.54, 1.807) is 0 Å². The Kier molecular flexibility index (Phi) is 6.25. The van der Waals surface area contributed by atoms with Crippen LogP contribution >= 0.6 is 0 Å². The van der Waals surface area contributed by atoms with Crippen LogP contribution in [0.25, 0.3) is 0 Å². The predicted molar refractivity (Wildman–Crippen MR) is 70.2 cm³/mol. The average Bonchev–Trinajstić information content (AvgIpc) is 2.77. The third kappa shape index (κ3) is 5.36. The van der Waals surface area contributed by atoms with Crippen LogP contribution < -0.4 is 15.9 Å². The zero-order chi connectivity index (χ0) is 17.6. The maximum atomic E-state index is 12.3. The molecule has 0 saturated carbocycles. The minimum Gasteiger partial charge on any atom is -0.492 e. The van der Waals surface area contributed by atoms with Crippen LogP contribution in [0.4, 0.5) is 13.2 Å². The number of nitrogens with two attached hydrogens (primary N) is 1. The van der Waals surface area contributed by atoms with E-state index in [1.165, 1.54) is 5.32 Å². The normalized spacial score (nSPS) is 12.7. The summed E-state index contributed by atoms with van der Waals surface area (Å²) in [6.07, 6.45) is -4.63. The quantitative estimate of drug-likeness (QED) is 0.519. The Balaban J connectivity index is 2.81. The van der Waals surface area contributed by atoms with Gasteiger partial charge in [-0.2, -0.15) is 13.2 Å². The fraction of sp³-hybridized carbons (Fsp3) is 0.500. The summed E-state index contributed by atoms with van der Waals surface area (Å²) in [6.45, 7) is 0.258. The van der Waals surface area contributed by atoms with Crippen molar-refractivity contribution in [2.45, 2.75) is 31.5 Å². The third-order valence-corrected chi connectivity index (χ3v) is 2.77. The number of nitrogens with zero attached hydrogens (tertiary/aromatic N) is 1. The van der Waals surface area contributed by atoms with Gasteiger partial charge in [-0.25, -0.2) is 4.79 Å². The molecule has 5 N–H and O–H groups in total. The summed E-state index contributed by atoms with van der Waals surface area (Å²) in [5, 5.41) is 20.2. The van der Waals surface area contributed by atoms with Crippen LogP contribution in [-0.2, 0) is 9.59 Å². The number of aromatic hydroxyl groups is 2. The summed E-state index contributed by atoms with van der Waals surface area (Å²) in [6, 6.07) is 0.387. The molecule has 1 aromatic rings. The number of aromatic nitrogens is 1. The van der Waals surface area contributed by atoms with Crippen LogP contribution in [-0.4, -0.2) is 45.6 Å². The molecule has 0 aliphatic carbocycles. The Bertz CT molecular complexity index is 539. The van der Waals surface area contributed by atoms with Gasteiger partial charge < -0.3 is 26.1 Å². The Hall–Kier alpha value is -2.43. The molecule has 0 aliphatic rings. The molecule has 0 spiro atoms. The lowest BCUT2D eigenvalue weighted by Crippen LogP contribution is -2.49. The molecule has 1 heterocycles. The van der Waals surface area contributed by atoms with Crippen molar-refractivity contribution >= 4 is 11.9 Å². The minimum atomic E-state index is -5.16. The molecule has 1 rings (SSSR count). The van der Waals surface area contributed by atoms with E-state index in [2.05, 4.69) is 4.84 Å². The summed E-state index contributed by atoms with van der Waals surface area (Å²) in [4.78, 5) is 27.5. The smallest absolute Gasteiger partial charge is 0.471 e. The van der Waals surface area contributed by atoms with Crippen LogP contribution in [0.15, 0.2) is 12.1 Å². The molecular weight excluding hydrogens is 323 g/mol. The molecule has 0 radical (unpaired) electrons. The van der Waals surface area contributed by atoms with Gasteiger partial charge in [0.1, 0.15) is 6.04 Å². The molecular formula is C12H16F3N3O5. The van der Waals surface area contributed by atoms with Crippen molar-refractivity contribution in [3.63, 3.8) is 0 Å². The molecule has 0 bridgehead atoms. The van der Waals surface area contributed by atoms with E-state index in [1.807, 2.05) is 0 Å². The molecule has 130 valence electrons. The molecule has 1 aromatic heterocycles. The van der Waals surface area contributed by atoms with Crippen molar-refractivity contribution in [3.8, 4) is 11.8 Å². The first-order valence-electron chi connectivity index (χ1n) is 6.56. The molecule has 0 aliphatic heterocycles. The van der Waals surface area contributed by atoms with E-state index in [0.717, 1.165) is 12.1 Å². The fourth-order valence-electron chi connectivity index (χ4n) is 1.63. The molecule has 0 fully saturated rings. The summed E-state index contributed by atoms with van der Waals surface area (Å²) in [5.74, 6) is -4.85. The minimum absolute atomic E-state index is 0.152. The Morgan fingerprint density at radius 3 is 2.30 bits per heavy atom. The maximum Gasteiger partial charge on any atom is 0.471 e. The largest absolute Gasteiger partial charge is 0.492 e. The highest BCUT2D eigenvalue weighted by Crippen LogP contribution is 2.20. The zero-order valence-corrected chi connectivity index (χ0v) is 11.8. The number of hydrogen-bond acceptors (Lipinski definition) is 6. The Labute approximate surface area is 128 Å². The number of amides is 1. The first-order chi connectivity index (χ1) is 10.7. The molecule has 0 saturated heterocycles. The van der Waals surface area contributed by atoms with Gasteiger partial charge in [-0.3, -0.25) is 4.79 Å². The van der Waals surface area contributed by atoms with Crippen molar-refractivity contribution in [2.24, 2.45) is 5.73 Å². The third-order valence-electron chi connectivity index (χ3n) is 2.77. The molecule has 8 nitrogen and oxygen atoms in total. The second kappa shape index (κ2) is 7.72. The van der Waals surface area contributed by atoms with Gasteiger partial charge in [-0.1, -0.05) is 0 Å². The number of rotatable bonds is 7. The van der Waals surface area contributed by atoms with Crippen LogP contribution in [0, 0.1) is 0 Å². The van der Waals surface area contributed by atoms with E-state index < -0.39 is 35.9 Å². The Morgan fingerprint density at radius 1 is 1.26 bits per heavy atom. The Morgan fingerprint density at radius 2 is 1.83 bits per heavy atom. The predicted octanol–water partition coefficient (Wildman–Crippen LogP) is 0.0306. The van der Waals surface area contributed by atoms with Crippen LogP contribution in [0.5, 0.6) is 11.8 Å². The van der Waals surface area contributed by atoms with Crippen LogP contribution in [0.1, 0.15) is 19.3 Å². The van der Waals surface area contributed by atoms with Gasteiger partial charge in [0.25, 0.3) is 0 Å².